The third-order valence-corrected chi connectivity index (χ3v) is 4.97. The lowest BCUT2D eigenvalue weighted by Gasteiger charge is -2.20. The molecule has 0 spiro atoms. The fourth-order valence-corrected chi connectivity index (χ4v) is 3.93. The van der Waals surface area contributed by atoms with Gasteiger partial charge in [-0.2, -0.15) is 11.8 Å². The number of benzene rings is 1. The molecule has 1 atom stereocenters. The molecule has 1 saturated heterocycles. The van der Waals surface area contributed by atoms with Gasteiger partial charge in [0.15, 0.2) is 0 Å². The van der Waals surface area contributed by atoms with E-state index in [0.717, 1.165) is 35.2 Å². The summed E-state index contributed by atoms with van der Waals surface area (Å²) in [5.74, 6) is 1.19. The molecule has 6 heteroatoms. The van der Waals surface area contributed by atoms with Crippen LogP contribution in [0.5, 0.6) is 0 Å². The quantitative estimate of drug-likeness (QED) is 0.919. The van der Waals surface area contributed by atoms with Gasteiger partial charge in [-0.15, -0.1) is 11.3 Å². The van der Waals surface area contributed by atoms with E-state index in [4.69, 9.17) is 0 Å². The molecule has 0 amide bonds. The zero-order valence-corrected chi connectivity index (χ0v) is 11.7. The van der Waals surface area contributed by atoms with Crippen molar-refractivity contribution in [3.05, 3.63) is 40.2 Å². The monoisotopic (exact) mass is 298 g/mol. The van der Waals surface area contributed by atoms with Crippen LogP contribution in [-0.4, -0.2) is 23.0 Å². The predicted octanol–water partition coefficient (Wildman–Crippen LogP) is 3.47. The molecule has 0 radical (unpaired) electrons. The van der Waals surface area contributed by atoms with Gasteiger partial charge in [-0.25, -0.2) is 13.8 Å². The Morgan fingerprint density at radius 2 is 2.21 bits per heavy atom. The lowest BCUT2D eigenvalue weighted by molar-refractivity contribution is 0.591. The molecule has 1 aromatic carbocycles. The van der Waals surface area contributed by atoms with Crippen molar-refractivity contribution in [2.24, 2.45) is 0 Å². The Hall–Kier alpha value is -0.980. The van der Waals surface area contributed by atoms with E-state index in [2.05, 4.69) is 10.3 Å². The lowest BCUT2D eigenvalue weighted by atomic mass is 10.1. The number of hydrogen-bond acceptors (Lipinski definition) is 4. The first-order valence-corrected chi connectivity index (χ1v) is 7.99. The second-order valence-electron chi connectivity index (χ2n) is 4.28. The molecule has 2 nitrogen and oxygen atoms in total. The van der Waals surface area contributed by atoms with E-state index < -0.39 is 11.6 Å². The first-order chi connectivity index (χ1) is 9.24. The smallest absolute Gasteiger partial charge is 0.132 e. The summed E-state index contributed by atoms with van der Waals surface area (Å²) in [4.78, 5) is 4.44. The minimum Gasteiger partial charge on any atom is -0.306 e. The van der Waals surface area contributed by atoms with E-state index in [1.807, 2.05) is 11.8 Å². The maximum absolute atomic E-state index is 13.7. The van der Waals surface area contributed by atoms with Crippen LogP contribution in [0, 0.1) is 11.6 Å². The fraction of sp³-hybridized carbons (Fsp3) is 0.308. The molecule has 0 bridgehead atoms. The van der Waals surface area contributed by atoms with E-state index in [0.29, 0.717) is 5.69 Å². The van der Waals surface area contributed by atoms with Crippen molar-refractivity contribution < 1.29 is 8.78 Å². The molecular formula is C13H12F2N2S2. The minimum absolute atomic E-state index is 0.217. The second kappa shape index (κ2) is 5.56. The van der Waals surface area contributed by atoms with Crippen molar-refractivity contribution in [1.29, 1.82) is 0 Å². The van der Waals surface area contributed by atoms with Gasteiger partial charge in [0.05, 0.1) is 11.7 Å². The number of thioether (sulfide) groups is 1. The molecule has 1 N–H and O–H groups in total. The average Bonchev–Trinajstić information content (AvgIpc) is 2.92. The second-order valence-corrected chi connectivity index (χ2v) is 6.32. The maximum Gasteiger partial charge on any atom is 0.132 e. The van der Waals surface area contributed by atoms with Gasteiger partial charge in [0.1, 0.15) is 16.6 Å². The zero-order chi connectivity index (χ0) is 13.2. The van der Waals surface area contributed by atoms with Gasteiger partial charge in [0.2, 0.25) is 0 Å². The molecule has 2 aromatic rings. The van der Waals surface area contributed by atoms with Crippen LogP contribution in [-0.2, 0) is 0 Å². The number of nitrogens with zero attached hydrogens (tertiary/aromatic N) is 1. The summed E-state index contributed by atoms with van der Waals surface area (Å²) in [7, 11) is 0. The van der Waals surface area contributed by atoms with E-state index >= 15 is 0 Å². The Balaban J connectivity index is 1.89. The highest BCUT2D eigenvalue weighted by atomic mass is 32.2. The number of halogens is 2. The molecular weight excluding hydrogens is 286 g/mol. The van der Waals surface area contributed by atoms with Crippen molar-refractivity contribution in [2.45, 2.75) is 6.04 Å². The minimum atomic E-state index is -0.447. The number of hydrogen-bond donors (Lipinski definition) is 1. The highest BCUT2D eigenvalue weighted by molar-refractivity contribution is 7.99. The van der Waals surface area contributed by atoms with Gasteiger partial charge in [-0.1, -0.05) is 0 Å². The SMILES string of the molecule is Fc1ccc(F)c(-c2csc(C3CSCCN3)n2)c1. The first kappa shape index (κ1) is 13.0. The van der Waals surface area contributed by atoms with Crippen LogP contribution in [0.2, 0.25) is 0 Å². The Morgan fingerprint density at radius 3 is 3.00 bits per heavy atom. The number of thiazole rings is 1. The predicted molar refractivity (Wildman–Crippen MR) is 75.5 cm³/mol. The largest absolute Gasteiger partial charge is 0.306 e. The van der Waals surface area contributed by atoms with Crippen molar-refractivity contribution in [3.63, 3.8) is 0 Å². The lowest BCUT2D eigenvalue weighted by Crippen LogP contribution is -2.30. The molecule has 0 aliphatic carbocycles. The Morgan fingerprint density at radius 1 is 1.32 bits per heavy atom. The van der Waals surface area contributed by atoms with Crippen LogP contribution >= 0.6 is 23.1 Å². The van der Waals surface area contributed by atoms with E-state index in [9.17, 15) is 8.78 Å². The van der Waals surface area contributed by atoms with Gasteiger partial charge in [-0.05, 0) is 18.2 Å². The molecule has 3 rings (SSSR count). The van der Waals surface area contributed by atoms with Crippen LogP contribution in [0.15, 0.2) is 23.6 Å². The van der Waals surface area contributed by atoms with Crippen molar-refractivity contribution >= 4 is 23.1 Å². The number of aromatic nitrogens is 1. The van der Waals surface area contributed by atoms with Crippen LogP contribution in [0.1, 0.15) is 11.0 Å². The first-order valence-electron chi connectivity index (χ1n) is 5.96. The number of nitrogens with one attached hydrogen (secondary N) is 1. The summed E-state index contributed by atoms with van der Waals surface area (Å²) in [5.41, 5.74) is 0.736. The van der Waals surface area contributed by atoms with Crippen LogP contribution in [0.3, 0.4) is 0 Å². The normalized spacial score (nSPS) is 19.6. The summed E-state index contributed by atoms with van der Waals surface area (Å²) in [6.45, 7) is 0.957. The van der Waals surface area contributed by atoms with Gasteiger partial charge in [0.25, 0.3) is 0 Å². The standard InChI is InChI=1S/C13H12F2N2S2/c14-8-1-2-10(15)9(5-8)11-7-19-13(17-11)12-6-18-4-3-16-12/h1-2,5,7,12,16H,3-4,6H2. The molecule has 1 aliphatic heterocycles. The third kappa shape index (κ3) is 2.80. The number of rotatable bonds is 2. The summed E-state index contributed by atoms with van der Waals surface area (Å²) in [6.07, 6.45) is 0. The molecule has 1 unspecified atom stereocenters. The Bertz CT molecular complexity index is 580. The maximum atomic E-state index is 13.7. The van der Waals surface area contributed by atoms with Crippen molar-refractivity contribution in [3.8, 4) is 11.3 Å². The molecule has 1 aromatic heterocycles. The van der Waals surface area contributed by atoms with Crippen LogP contribution < -0.4 is 5.32 Å². The summed E-state index contributed by atoms with van der Waals surface area (Å²) >= 11 is 3.37. The van der Waals surface area contributed by atoms with Crippen molar-refractivity contribution in [1.82, 2.24) is 10.3 Å². The van der Waals surface area contributed by atoms with E-state index in [-0.39, 0.29) is 11.6 Å². The highest BCUT2D eigenvalue weighted by Crippen LogP contribution is 2.30. The molecule has 1 fully saturated rings. The molecule has 0 saturated carbocycles. The van der Waals surface area contributed by atoms with Crippen LogP contribution in [0.4, 0.5) is 8.78 Å². The van der Waals surface area contributed by atoms with Gasteiger partial charge in [-0.3, -0.25) is 0 Å². The van der Waals surface area contributed by atoms with Gasteiger partial charge in [0, 0.05) is 29.0 Å². The van der Waals surface area contributed by atoms with Gasteiger partial charge >= 0.3 is 0 Å². The Labute approximate surface area is 118 Å². The molecule has 2 heterocycles. The van der Waals surface area contributed by atoms with Crippen LogP contribution in [0.25, 0.3) is 11.3 Å². The summed E-state index contributed by atoms with van der Waals surface area (Å²) in [6, 6.07) is 3.66. The zero-order valence-electron chi connectivity index (χ0n) is 10.0. The average molecular weight is 298 g/mol. The third-order valence-electron chi connectivity index (χ3n) is 2.95. The summed E-state index contributed by atoms with van der Waals surface area (Å²) in [5, 5.41) is 6.11. The van der Waals surface area contributed by atoms with E-state index in [1.54, 1.807) is 5.38 Å². The highest BCUT2D eigenvalue weighted by Gasteiger charge is 2.19. The van der Waals surface area contributed by atoms with E-state index in [1.165, 1.54) is 17.4 Å². The molecule has 19 heavy (non-hydrogen) atoms. The molecule has 1 aliphatic rings. The fourth-order valence-electron chi connectivity index (χ4n) is 1.99. The van der Waals surface area contributed by atoms with Gasteiger partial charge < -0.3 is 5.32 Å². The summed E-state index contributed by atoms with van der Waals surface area (Å²) < 4.78 is 26.9. The molecule has 100 valence electrons. The topological polar surface area (TPSA) is 24.9 Å². The van der Waals surface area contributed by atoms with Crippen molar-refractivity contribution in [2.75, 3.05) is 18.1 Å². The Kier molecular flexibility index (Phi) is 3.81.